The van der Waals surface area contributed by atoms with Crippen LogP contribution in [0.5, 0.6) is 0 Å². The second-order valence-corrected chi connectivity index (χ2v) is 3.41. The van der Waals surface area contributed by atoms with Crippen LogP contribution in [0.4, 0.5) is 0 Å². The van der Waals surface area contributed by atoms with Gasteiger partial charge in [-0.15, -0.1) is 0 Å². The number of hydrogen-bond acceptors (Lipinski definition) is 2. The second kappa shape index (κ2) is 9.33. The maximum absolute atomic E-state index is 11.2. The van der Waals surface area contributed by atoms with E-state index in [0.717, 1.165) is 5.56 Å². The number of rotatable bonds is 3. The van der Waals surface area contributed by atoms with E-state index in [4.69, 9.17) is 4.74 Å². The van der Waals surface area contributed by atoms with E-state index < -0.39 is 5.97 Å². The molecular formula is C17H14O2. The first-order chi connectivity index (χ1) is 9.33. The third kappa shape index (κ3) is 7.26. The predicted octanol–water partition coefficient (Wildman–Crippen LogP) is 2.72. The Hall–Kier alpha value is -2.71. The molecule has 0 aliphatic heterocycles. The molecule has 0 saturated carbocycles. The lowest BCUT2D eigenvalue weighted by atomic mass is 10.2. The Morgan fingerprint density at radius 1 is 1.26 bits per heavy atom. The number of carbonyl (C=O) groups is 1. The molecule has 1 aromatic rings. The molecule has 0 radical (unpaired) electrons. The lowest BCUT2D eigenvalue weighted by Crippen LogP contribution is -2.01. The molecular weight excluding hydrogens is 236 g/mol. The Kier molecular flexibility index (Phi) is 7.05. The standard InChI is InChI=1S/C17H14O2/c1-2-3-4-10-15-19-17(18)14-9-8-13-16-11-6-5-7-12-16/h2,5-7,9,11-12,14H,1,10,15H2/b14-9+. The minimum absolute atomic E-state index is 0.274. The van der Waals surface area contributed by atoms with E-state index in [1.807, 2.05) is 30.3 Å². The molecule has 0 aliphatic rings. The predicted molar refractivity (Wildman–Crippen MR) is 76.0 cm³/mol. The third-order valence-corrected chi connectivity index (χ3v) is 1.97. The van der Waals surface area contributed by atoms with E-state index in [0.29, 0.717) is 6.42 Å². The summed E-state index contributed by atoms with van der Waals surface area (Å²) in [4.78, 5) is 11.2. The summed E-state index contributed by atoms with van der Waals surface area (Å²) in [6.07, 6.45) is 4.78. The number of hydrogen-bond donors (Lipinski definition) is 0. The van der Waals surface area contributed by atoms with Gasteiger partial charge in [0, 0.05) is 18.1 Å². The van der Waals surface area contributed by atoms with Crippen LogP contribution in [0.15, 0.2) is 55.1 Å². The van der Waals surface area contributed by atoms with Gasteiger partial charge in [-0.25, -0.2) is 4.79 Å². The Labute approximate surface area is 113 Å². The van der Waals surface area contributed by atoms with Gasteiger partial charge in [-0.1, -0.05) is 48.5 Å². The van der Waals surface area contributed by atoms with Crippen LogP contribution in [-0.2, 0) is 9.53 Å². The van der Waals surface area contributed by atoms with Gasteiger partial charge in [0.1, 0.15) is 6.61 Å². The fourth-order valence-corrected chi connectivity index (χ4v) is 1.15. The van der Waals surface area contributed by atoms with Crippen molar-refractivity contribution in [2.75, 3.05) is 6.61 Å². The van der Waals surface area contributed by atoms with Crippen LogP contribution in [0.3, 0.4) is 0 Å². The lowest BCUT2D eigenvalue weighted by Gasteiger charge is -1.95. The van der Waals surface area contributed by atoms with Gasteiger partial charge in [0.15, 0.2) is 0 Å². The average Bonchev–Trinajstić information content (AvgIpc) is 2.44. The summed E-state index contributed by atoms with van der Waals surface area (Å²) in [6.45, 7) is 3.73. The van der Waals surface area contributed by atoms with E-state index in [1.54, 1.807) is 0 Å². The van der Waals surface area contributed by atoms with Gasteiger partial charge in [0.2, 0.25) is 0 Å². The smallest absolute Gasteiger partial charge is 0.331 e. The van der Waals surface area contributed by atoms with Crippen LogP contribution in [0.2, 0.25) is 0 Å². The first-order valence-electron chi connectivity index (χ1n) is 5.82. The van der Waals surface area contributed by atoms with Gasteiger partial charge in [0.25, 0.3) is 0 Å². The highest BCUT2D eigenvalue weighted by atomic mass is 16.5. The van der Waals surface area contributed by atoms with E-state index in [2.05, 4.69) is 30.3 Å². The number of esters is 1. The first kappa shape index (κ1) is 14.4. The van der Waals surface area contributed by atoms with Crippen molar-refractivity contribution in [3.8, 4) is 23.7 Å². The molecule has 19 heavy (non-hydrogen) atoms. The molecule has 2 heteroatoms. The molecule has 94 valence electrons. The lowest BCUT2D eigenvalue weighted by molar-refractivity contribution is -0.137. The van der Waals surface area contributed by atoms with Crippen LogP contribution in [0.1, 0.15) is 12.0 Å². The van der Waals surface area contributed by atoms with Crippen molar-refractivity contribution in [2.45, 2.75) is 6.42 Å². The SMILES string of the molecule is C=CC#CCCOC(=O)/C=C/C#Cc1ccccc1. The Bertz CT molecular complexity index is 560. The van der Waals surface area contributed by atoms with Gasteiger partial charge < -0.3 is 4.74 Å². The zero-order valence-electron chi connectivity index (χ0n) is 10.6. The largest absolute Gasteiger partial charge is 0.461 e. The summed E-state index contributed by atoms with van der Waals surface area (Å²) in [5.41, 5.74) is 0.903. The summed E-state index contributed by atoms with van der Waals surface area (Å²) >= 11 is 0. The summed E-state index contributed by atoms with van der Waals surface area (Å²) in [6, 6.07) is 9.54. The Morgan fingerprint density at radius 2 is 2.05 bits per heavy atom. The number of benzene rings is 1. The van der Waals surface area contributed by atoms with Crippen molar-refractivity contribution in [3.63, 3.8) is 0 Å². The highest BCUT2D eigenvalue weighted by Gasteiger charge is 1.93. The van der Waals surface area contributed by atoms with Gasteiger partial charge in [0.05, 0.1) is 0 Å². The molecule has 1 rings (SSSR count). The second-order valence-electron chi connectivity index (χ2n) is 3.41. The van der Waals surface area contributed by atoms with Crippen molar-refractivity contribution in [3.05, 3.63) is 60.7 Å². The normalized spacial score (nSPS) is 8.84. The Balaban J connectivity index is 2.31. The molecule has 0 unspecified atom stereocenters. The van der Waals surface area contributed by atoms with E-state index in [-0.39, 0.29) is 6.61 Å². The molecule has 0 bridgehead atoms. The van der Waals surface area contributed by atoms with Crippen molar-refractivity contribution in [2.24, 2.45) is 0 Å². The van der Waals surface area contributed by atoms with Gasteiger partial charge >= 0.3 is 5.97 Å². The fourth-order valence-electron chi connectivity index (χ4n) is 1.15. The van der Waals surface area contributed by atoms with Crippen molar-refractivity contribution in [1.82, 2.24) is 0 Å². The minimum atomic E-state index is -0.414. The topological polar surface area (TPSA) is 26.3 Å². The highest BCUT2D eigenvalue weighted by Crippen LogP contribution is 1.94. The molecule has 0 atom stereocenters. The summed E-state index contributed by atoms with van der Waals surface area (Å²) in [5.74, 6) is 10.7. The number of ether oxygens (including phenoxy) is 1. The number of allylic oxidation sites excluding steroid dienone is 2. The Morgan fingerprint density at radius 3 is 2.79 bits per heavy atom. The quantitative estimate of drug-likeness (QED) is 0.357. The first-order valence-corrected chi connectivity index (χ1v) is 5.82. The molecule has 0 spiro atoms. The van der Waals surface area contributed by atoms with Gasteiger partial charge in [-0.3, -0.25) is 0 Å². The van der Waals surface area contributed by atoms with Crippen molar-refractivity contribution in [1.29, 1.82) is 0 Å². The van der Waals surface area contributed by atoms with Crippen LogP contribution in [0.25, 0.3) is 0 Å². The van der Waals surface area contributed by atoms with Crippen LogP contribution in [0, 0.1) is 23.7 Å². The van der Waals surface area contributed by atoms with E-state index in [9.17, 15) is 4.79 Å². The summed E-state index contributed by atoms with van der Waals surface area (Å²) in [5, 5.41) is 0. The maximum Gasteiger partial charge on any atom is 0.331 e. The highest BCUT2D eigenvalue weighted by molar-refractivity contribution is 5.82. The average molecular weight is 250 g/mol. The van der Waals surface area contributed by atoms with Crippen LogP contribution < -0.4 is 0 Å². The molecule has 0 aromatic heterocycles. The van der Waals surface area contributed by atoms with Gasteiger partial charge in [-0.2, -0.15) is 0 Å². The van der Waals surface area contributed by atoms with E-state index >= 15 is 0 Å². The van der Waals surface area contributed by atoms with Crippen molar-refractivity contribution >= 4 is 5.97 Å². The van der Waals surface area contributed by atoms with E-state index in [1.165, 1.54) is 18.2 Å². The molecule has 0 saturated heterocycles. The zero-order chi connectivity index (χ0) is 13.8. The van der Waals surface area contributed by atoms with Gasteiger partial charge in [-0.05, 0) is 24.3 Å². The third-order valence-electron chi connectivity index (χ3n) is 1.97. The van der Waals surface area contributed by atoms with Crippen LogP contribution in [-0.4, -0.2) is 12.6 Å². The fraction of sp³-hybridized carbons (Fsp3) is 0.118. The maximum atomic E-state index is 11.2. The molecule has 1 aromatic carbocycles. The monoisotopic (exact) mass is 250 g/mol. The summed E-state index contributed by atoms with van der Waals surface area (Å²) in [7, 11) is 0. The van der Waals surface area contributed by atoms with Crippen molar-refractivity contribution < 1.29 is 9.53 Å². The zero-order valence-corrected chi connectivity index (χ0v) is 10.6. The molecule has 0 heterocycles. The molecule has 0 fully saturated rings. The summed E-state index contributed by atoms with van der Waals surface area (Å²) < 4.78 is 4.91. The minimum Gasteiger partial charge on any atom is -0.461 e. The number of carbonyl (C=O) groups excluding carboxylic acids is 1. The molecule has 2 nitrogen and oxygen atoms in total. The molecule has 0 aliphatic carbocycles. The van der Waals surface area contributed by atoms with Crippen LogP contribution >= 0.6 is 0 Å². The molecule has 0 N–H and O–H groups in total. The molecule has 0 amide bonds.